The molecular weight excluding hydrogens is 370 g/mol. The Morgan fingerprint density at radius 1 is 0.870 bits per heavy atom. The van der Waals surface area contributed by atoms with E-state index in [1.54, 1.807) is 6.07 Å². The van der Waals surface area contributed by atoms with Crippen LogP contribution in [0.2, 0.25) is 0 Å². The minimum absolute atomic E-state index is 0.0896. The first-order chi connectivity index (χ1) is 11.2. The van der Waals surface area contributed by atoms with E-state index in [9.17, 15) is 4.79 Å². The number of thiophene rings is 1. The van der Waals surface area contributed by atoms with Crippen LogP contribution < -0.4 is 5.32 Å². The lowest BCUT2D eigenvalue weighted by atomic mass is 10.1. The largest absolute Gasteiger partial charge is 0.321 e. The molecule has 3 aromatic rings. The van der Waals surface area contributed by atoms with Crippen molar-refractivity contribution in [3.63, 3.8) is 0 Å². The van der Waals surface area contributed by atoms with E-state index in [1.807, 2.05) is 48.5 Å². The van der Waals surface area contributed by atoms with Crippen LogP contribution in [-0.2, 0) is 0 Å². The summed E-state index contributed by atoms with van der Waals surface area (Å²) in [5.41, 5.74) is 3.04. The Kier molecular flexibility index (Phi) is 5.05. The highest BCUT2D eigenvalue weighted by atomic mass is 79.9. The molecule has 0 aliphatic carbocycles. The van der Waals surface area contributed by atoms with Crippen LogP contribution in [-0.4, -0.2) is 5.91 Å². The van der Waals surface area contributed by atoms with Gasteiger partial charge in [0, 0.05) is 5.69 Å². The van der Waals surface area contributed by atoms with E-state index in [0.29, 0.717) is 4.88 Å². The summed E-state index contributed by atoms with van der Waals surface area (Å²) in [6.07, 6.45) is 4.12. The standard InChI is InChI=1S/C19H14BrNOS/c20-18-13-12-17(23-18)19(22)21-16-10-8-15(9-11-16)7-6-14-4-2-1-3-5-14/h1-13H,(H,21,22)/b7-6+. The number of rotatable bonds is 4. The number of nitrogens with one attached hydrogen (secondary N) is 1. The van der Waals surface area contributed by atoms with Crippen molar-refractivity contribution in [2.45, 2.75) is 0 Å². The van der Waals surface area contributed by atoms with Crippen LogP contribution in [0.4, 0.5) is 5.69 Å². The average molecular weight is 384 g/mol. The number of hydrogen-bond donors (Lipinski definition) is 1. The van der Waals surface area contributed by atoms with Crippen molar-refractivity contribution >= 4 is 51.0 Å². The first-order valence-corrected chi connectivity index (χ1v) is 8.71. The summed E-state index contributed by atoms with van der Waals surface area (Å²) in [6.45, 7) is 0. The summed E-state index contributed by atoms with van der Waals surface area (Å²) in [7, 11) is 0. The topological polar surface area (TPSA) is 29.1 Å². The number of carbonyl (C=O) groups is 1. The van der Waals surface area contributed by atoms with E-state index >= 15 is 0 Å². The van der Waals surface area contributed by atoms with Gasteiger partial charge in [-0.3, -0.25) is 4.79 Å². The Morgan fingerprint density at radius 2 is 1.52 bits per heavy atom. The molecule has 1 heterocycles. The molecule has 0 unspecified atom stereocenters. The van der Waals surface area contributed by atoms with Gasteiger partial charge in [0.2, 0.25) is 0 Å². The number of amides is 1. The Balaban J connectivity index is 1.65. The molecule has 2 aromatic carbocycles. The summed E-state index contributed by atoms with van der Waals surface area (Å²) in [5, 5.41) is 2.90. The average Bonchev–Trinajstić information content (AvgIpc) is 3.02. The van der Waals surface area contributed by atoms with Crippen LogP contribution in [0, 0.1) is 0 Å². The molecule has 4 heteroatoms. The van der Waals surface area contributed by atoms with Crippen molar-refractivity contribution in [1.29, 1.82) is 0 Å². The third-order valence-electron chi connectivity index (χ3n) is 3.23. The van der Waals surface area contributed by atoms with Gasteiger partial charge in [-0.1, -0.05) is 54.6 Å². The third-order valence-corrected chi connectivity index (χ3v) is 4.86. The lowest BCUT2D eigenvalue weighted by Gasteiger charge is -2.04. The van der Waals surface area contributed by atoms with Gasteiger partial charge in [0.1, 0.15) is 0 Å². The molecule has 0 radical (unpaired) electrons. The van der Waals surface area contributed by atoms with Crippen LogP contribution in [0.25, 0.3) is 12.2 Å². The van der Waals surface area contributed by atoms with Gasteiger partial charge in [0.25, 0.3) is 5.91 Å². The minimum Gasteiger partial charge on any atom is -0.321 e. The first kappa shape index (κ1) is 15.7. The van der Waals surface area contributed by atoms with E-state index in [2.05, 4.69) is 45.5 Å². The normalized spacial score (nSPS) is 10.8. The molecule has 1 amide bonds. The highest BCUT2D eigenvalue weighted by Gasteiger charge is 2.08. The first-order valence-electron chi connectivity index (χ1n) is 7.10. The summed E-state index contributed by atoms with van der Waals surface area (Å²) in [6, 6.07) is 21.6. The zero-order chi connectivity index (χ0) is 16.1. The van der Waals surface area contributed by atoms with Crippen molar-refractivity contribution in [3.05, 3.63) is 86.5 Å². The fraction of sp³-hybridized carbons (Fsp3) is 0. The van der Waals surface area contributed by atoms with E-state index < -0.39 is 0 Å². The molecule has 0 atom stereocenters. The SMILES string of the molecule is O=C(Nc1ccc(/C=C/c2ccccc2)cc1)c1ccc(Br)s1. The molecule has 23 heavy (non-hydrogen) atoms. The Bertz CT molecular complexity index is 822. The molecule has 0 aliphatic rings. The molecule has 0 saturated carbocycles. The van der Waals surface area contributed by atoms with Crippen LogP contribution in [0.1, 0.15) is 20.8 Å². The summed E-state index contributed by atoms with van der Waals surface area (Å²) < 4.78 is 0.948. The molecule has 3 rings (SSSR count). The van der Waals surface area contributed by atoms with Gasteiger partial charge in [0.05, 0.1) is 8.66 Å². The summed E-state index contributed by atoms with van der Waals surface area (Å²) >= 11 is 4.78. The molecule has 1 N–H and O–H groups in total. The van der Waals surface area contributed by atoms with Crippen LogP contribution in [0.5, 0.6) is 0 Å². The Labute approximate surface area is 147 Å². The number of halogens is 1. The van der Waals surface area contributed by atoms with E-state index in [0.717, 1.165) is 20.6 Å². The van der Waals surface area contributed by atoms with Crippen LogP contribution in [0.15, 0.2) is 70.5 Å². The van der Waals surface area contributed by atoms with Gasteiger partial charge in [-0.05, 0) is 51.3 Å². The second kappa shape index (κ2) is 7.40. The van der Waals surface area contributed by atoms with Crippen molar-refractivity contribution in [3.8, 4) is 0 Å². The second-order valence-corrected chi connectivity index (χ2v) is 7.39. The third kappa shape index (κ3) is 4.41. The molecule has 0 saturated heterocycles. The zero-order valence-corrected chi connectivity index (χ0v) is 14.6. The second-order valence-electron chi connectivity index (χ2n) is 4.92. The van der Waals surface area contributed by atoms with Crippen molar-refractivity contribution < 1.29 is 4.79 Å². The van der Waals surface area contributed by atoms with Crippen molar-refractivity contribution in [1.82, 2.24) is 0 Å². The molecule has 1 aromatic heterocycles. The maximum Gasteiger partial charge on any atom is 0.265 e. The van der Waals surface area contributed by atoms with Gasteiger partial charge in [-0.25, -0.2) is 0 Å². The number of benzene rings is 2. The number of anilines is 1. The van der Waals surface area contributed by atoms with Gasteiger partial charge in [-0.2, -0.15) is 0 Å². The fourth-order valence-corrected chi connectivity index (χ4v) is 3.34. The highest BCUT2D eigenvalue weighted by molar-refractivity contribution is 9.11. The number of carbonyl (C=O) groups excluding carboxylic acids is 1. The molecule has 0 fully saturated rings. The Hall–Kier alpha value is -2.17. The fourth-order valence-electron chi connectivity index (χ4n) is 2.06. The minimum atomic E-state index is -0.0896. The van der Waals surface area contributed by atoms with Crippen molar-refractivity contribution in [2.75, 3.05) is 5.32 Å². The molecule has 2 nitrogen and oxygen atoms in total. The predicted octanol–water partition coefficient (Wildman–Crippen LogP) is 5.93. The maximum atomic E-state index is 12.1. The van der Waals surface area contributed by atoms with Crippen LogP contribution in [0.3, 0.4) is 0 Å². The molecular formula is C19H14BrNOS. The molecule has 0 bridgehead atoms. The van der Waals surface area contributed by atoms with Crippen molar-refractivity contribution in [2.24, 2.45) is 0 Å². The van der Waals surface area contributed by atoms with Crippen LogP contribution >= 0.6 is 27.3 Å². The quantitative estimate of drug-likeness (QED) is 0.555. The lowest BCUT2D eigenvalue weighted by molar-refractivity contribution is 0.103. The van der Waals surface area contributed by atoms with Gasteiger partial charge < -0.3 is 5.32 Å². The number of hydrogen-bond acceptors (Lipinski definition) is 2. The van der Waals surface area contributed by atoms with E-state index in [1.165, 1.54) is 11.3 Å². The summed E-state index contributed by atoms with van der Waals surface area (Å²) in [5.74, 6) is -0.0896. The van der Waals surface area contributed by atoms with E-state index in [-0.39, 0.29) is 5.91 Å². The van der Waals surface area contributed by atoms with Gasteiger partial charge >= 0.3 is 0 Å². The smallest absolute Gasteiger partial charge is 0.265 e. The molecule has 0 aliphatic heterocycles. The molecule has 0 spiro atoms. The van der Waals surface area contributed by atoms with Gasteiger partial charge in [0.15, 0.2) is 0 Å². The summed E-state index contributed by atoms with van der Waals surface area (Å²) in [4.78, 5) is 12.8. The van der Waals surface area contributed by atoms with Gasteiger partial charge in [-0.15, -0.1) is 11.3 Å². The maximum absolute atomic E-state index is 12.1. The Morgan fingerprint density at radius 3 is 2.13 bits per heavy atom. The monoisotopic (exact) mass is 383 g/mol. The molecule has 114 valence electrons. The lowest BCUT2D eigenvalue weighted by Crippen LogP contribution is -2.09. The zero-order valence-electron chi connectivity index (χ0n) is 12.2. The van der Waals surface area contributed by atoms with E-state index in [4.69, 9.17) is 0 Å². The highest BCUT2D eigenvalue weighted by Crippen LogP contribution is 2.23. The predicted molar refractivity (Wildman–Crippen MR) is 102 cm³/mol.